The summed E-state index contributed by atoms with van der Waals surface area (Å²) in [4.78, 5) is 7.69. The summed E-state index contributed by atoms with van der Waals surface area (Å²) in [5, 5.41) is 7.46. The predicted octanol–water partition coefficient (Wildman–Crippen LogP) is 1.95. The van der Waals surface area contributed by atoms with Gasteiger partial charge in [0.05, 0.1) is 12.7 Å². The monoisotopic (exact) mass is 474 g/mol. The molecule has 1 aliphatic heterocycles. The average molecular weight is 474 g/mol. The Morgan fingerprint density at radius 1 is 1.32 bits per heavy atom. The van der Waals surface area contributed by atoms with Crippen LogP contribution < -0.4 is 5.32 Å². The van der Waals surface area contributed by atoms with E-state index in [9.17, 15) is 13.2 Å². The zero-order chi connectivity index (χ0) is 17.7. The molecule has 1 saturated heterocycles. The maximum atomic E-state index is 12.8. The second-order valence-electron chi connectivity index (χ2n) is 6.00. The van der Waals surface area contributed by atoms with Crippen LogP contribution in [-0.2, 0) is 6.54 Å². The third-order valence-corrected chi connectivity index (χ3v) is 4.23. The fourth-order valence-electron chi connectivity index (χ4n) is 2.73. The largest absolute Gasteiger partial charge is 0.403 e. The SMILES string of the molecule is CN=C(NCCn1cc(C)cn1)N1CCN(C(C)C(F)(F)F)CC1.I. The molecule has 0 bridgehead atoms. The molecule has 144 valence electrons. The van der Waals surface area contributed by atoms with E-state index < -0.39 is 12.2 Å². The number of hydrogen-bond donors (Lipinski definition) is 1. The van der Waals surface area contributed by atoms with Gasteiger partial charge >= 0.3 is 6.18 Å². The van der Waals surface area contributed by atoms with Gasteiger partial charge in [-0.1, -0.05) is 0 Å². The second-order valence-corrected chi connectivity index (χ2v) is 6.00. The van der Waals surface area contributed by atoms with Gasteiger partial charge in [-0.2, -0.15) is 18.3 Å². The third kappa shape index (κ3) is 6.32. The first-order valence-corrected chi connectivity index (χ1v) is 8.06. The highest BCUT2D eigenvalue weighted by atomic mass is 127. The van der Waals surface area contributed by atoms with E-state index in [2.05, 4.69) is 15.4 Å². The minimum atomic E-state index is -4.18. The number of nitrogens with one attached hydrogen (secondary N) is 1. The Bertz CT molecular complexity index is 552. The van der Waals surface area contributed by atoms with E-state index in [-0.39, 0.29) is 24.0 Å². The van der Waals surface area contributed by atoms with E-state index >= 15 is 0 Å². The lowest BCUT2D eigenvalue weighted by Gasteiger charge is -2.39. The van der Waals surface area contributed by atoms with E-state index in [0.717, 1.165) is 11.5 Å². The van der Waals surface area contributed by atoms with Crippen molar-refractivity contribution in [3.63, 3.8) is 0 Å². The average Bonchev–Trinajstić information content (AvgIpc) is 2.96. The van der Waals surface area contributed by atoms with Crippen LogP contribution in [0.25, 0.3) is 0 Å². The van der Waals surface area contributed by atoms with Crippen molar-refractivity contribution in [1.29, 1.82) is 0 Å². The molecule has 1 aliphatic rings. The van der Waals surface area contributed by atoms with Gasteiger partial charge in [0.2, 0.25) is 0 Å². The Morgan fingerprint density at radius 2 is 1.96 bits per heavy atom. The van der Waals surface area contributed by atoms with Crippen molar-refractivity contribution in [3.8, 4) is 0 Å². The van der Waals surface area contributed by atoms with E-state index in [4.69, 9.17) is 0 Å². The highest BCUT2D eigenvalue weighted by Crippen LogP contribution is 2.25. The highest BCUT2D eigenvalue weighted by Gasteiger charge is 2.41. The second kappa shape index (κ2) is 9.60. The first-order valence-electron chi connectivity index (χ1n) is 8.06. The number of rotatable bonds is 4. The number of aryl methyl sites for hydroxylation is 1. The topological polar surface area (TPSA) is 48.7 Å². The maximum absolute atomic E-state index is 12.8. The molecule has 2 heterocycles. The van der Waals surface area contributed by atoms with E-state index in [1.165, 1.54) is 11.8 Å². The Labute approximate surface area is 163 Å². The normalized spacial score (nSPS) is 18.0. The molecule has 0 aliphatic carbocycles. The lowest BCUT2D eigenvalue weighted by molar-refractivity contribution is -0.181. The van der Waals surface area contributed by atoms with Crippen molar-refractivity contribution >= 4 is 29.9 Å². The molecule has 25 heavy (non-hydrogen) atoms. The number of guanidine groups is 1. The predicted molar refractivity (Wildman–Crippen MR) is 102 cm³/mol. The van der Waals surface area contributed by atoms with Crippen LogP contribution in [0.3, 0.4) is 0 Å². The molecule has 1 aromatic rings. The number of hydrogen-bond acceptors (Lipinski definition) is 3. The zero-order valence-electron chi connectivity index (χ0n) is 14.8. The molecule has 1 unspecified atom stereocenters. The first kappa shape index (κ1) is 22.0. The van der Waals surface area contributed by atoms with Crippen LogP contribution in [0.2, 0.25) is 0 Å². The van der Waals surface area contributed by atoms with Crippen LogP contribution in [0.1, 0.15) is 12.5 Å². The summed E-state index contributed by atoms with van der Waals surface area (Å²) in [7, 11) is 1.69. The van der Waals surface area contributed by atoms with Crippen LogP contribution >= 0.6 is 24.0 Å². The summed E-state index contributed by atoms with van der Waals surface area (Å²) in [6, 6.07) is -1.40. The number of aliphatic imine (C=N–C) groups is 1. The summed E-state index contributed by atoms with van der Waals surface area (Å²) in [5.41, 5.74) is 1.11. The summed E-state index contributed by atoms with van der Waals surface area (Å²) in [6.45, 7) is 6.37. The molecule has 0 saturated carbocycles. The molecule has 1 N–H and O–H groups in total. The van der Waals surface area contributed by atoms with Crippen molar-refractivity contribution in [2.75, 3.05) is 39.8 Å². The molecular formula is C15H26F3IN6. The summed E-state index contributed by atoms with van der Waals surface area (Å²) < 4.78 is 40.2. The number of piperazine rings is 1. The van der Waals surface area contributed by atoms with Crippen molar-refractivity contribution in [2.24, 2.45) is 4.99 Å². The lowest BCUT2D eigenvalue weighted by Crippen LogP contribution is -2.56. The van der Waals surface area contributed by atoms with Crippen LogP contribution in [-0.4, -0.2) is 77.5 Å². The molecular weight excluding hydrogens is 448 g/mol. The molecule has 1 atom stereocenters. The van der Waals surface area contributed by atoms with Crippen molar-refractivity contribution in [1.82, 2.24) is 24.9 Å². The molecule has 6 nitrogen and oxygen atoms in total. The van der Waals surface area contributed by atoms with Gasteiger partial charge in [0.15, 0.2) is 5.96 Å². The van der Waals surface area contributed by atoms with Crippen LogP contribution in [0.15, 0.2) is 17.4 Å². The van der Waals surface area contributed by atoms with Crippen molar-refractivity contribution in [3.05, 3.63) is 18.0 Å². The van der Waals surface area contributed by atoms with Gasteiger partial charge in [-0.3, -0.25) is 14.6 Å². The minimum absolute atomic E-state index is 0. The summed E-state index contributed by atoms with van der Waals surface area (Å²) in [6.07, 6.45) is -0.415. The molecule has 2 rings (SSSR count). The van der Waals surface area contributed by atoms with Crippen molar-refractivity contribution < 1.29 is 13.2 Å². The van der Waals surface area contributed by atoms with Crippen LogP contribution in [0.5, 0.6) is 0 Å². The number of alkyl halides is 3. The van der Waals surface area contributed by atoms with Crippen LogP contribution in [0, 0.1) is 6.92 Å². The number of aromatic nitrogens is 2. The molecule has 1 aromatic heterocycles. The standard InChI is InChI=1S/C15H25F3N6.HI/c1-12-10-21-24(11-12)5-4-20-14(19-3)23-8-6-22(7-9-23)13(2)15(16,17)18;/h10-11,13H,4-9H2,1-3H3,(H,19,20);1H. The van der Waals surface area contributed by atoms with Gasteiger partial charge in [0.25, 0.3) is 0 Å². The van der Waals surface area contributed by atoms with Gasteiger partial charge in [0, 0.05) is 46.0 Å². The first-order chi connectivity index (χ1) is 11.3. The summed E-state index contributed by atoms with van der Waals surface area (Å²) >= 11 is 0. The number of halogens is 4. The maximum Gasteiger partial charge on any atom is 0.403 e. The fraction of sp³-hybridized carbons (Fsp3) is 0.733. The summed E-state index contributed by atoms with van der Waals surface area (Å²) in [5.74, 6) is 0.721. The molecule has 0 radical (unpaired) electrons. The molecule has 10 heteroatoms. The molecule has 0 amide bonds. The quantitative estimate of drug-likeness (QED) is 0.412. The molecule has 0 aromatic carbocycles. The Kier molecular flexibility index (Phi) is 8.45. The Balaban J connectivity index is 0.00000312. The van der Waals surface area contributed by atoms with E-state index in [1.54, 1.807) is 13.2 Å². The van der Waals surface area contributed by atoms with Gasteiger partial charge in [-0.25, -0.2) is 0 Å². The Morgan fingerprint density at radius 3 is 2.44 bits per heavy atom. The molecule has 0 spiro atoms. The van der Waals surface area contributed by atoms with Crippen molar-refractivity contribution in [2.45, 2.75) is 32.6 Å². The Hall–Kier alpha value is -1.04. The number of nitrogens with zero attached hydrogens (tertiary/aromatic N) is 5. The van der Waals surface area contributed by atoms with Gasteiger partial charge < -0.3 is 10.2 Å². The minimum Gasteiger partial charge on any atom is -0.354 e. The van der Waals surface area contributed by atoms with Crippen LogP contribution in [0.4, 0.5) is 13.2 Å². The smallest absolute Gasteiger partial charge is 0.354 e. The lowest BCUT2D eigenvalue weighted by atomic mass is 10.2. The van der Waals surface area contributed by atoms with Gasteiger partial charge in [-0.15, -0.1) is 24.0 Å². The third-order valence-electron chi connectivity index (χ3n) is 4.23. The fourth-order valence-corrected chi connectivity index (χ4v) is 2.73. The molecule has 1 fully saturated rings. The van der Waals surface area contributed by atoms with E-state index in [1.807, 2.05) is 22.7 Å². The van der Waals surface area contributed by atoms with Gasteiger partial charge in [0.1, 0.15) is 6.04 Å². The van der Waals surface area contributed by atoms with E-state index in [0.29, 0.717) is 39.3 Å². The highest BCUT2D eigenvalue weighted by molar-refractivity contribution is 14.0. The zero-order valence-corrected chi connectivity index (χ0v) is 17.1. The van der Waals surface area contributed by atoms with Gasteiger partial charge in [-0.05, 0) is 19.4 Å².